The van der Waals surface area contributed by atoms with Crippen LogP contribution in [0.1, 0.15) is 32.1 Å². The van der Waals surface area contributed by atoms with E-state index in [1.165, 1.54) is 58.3 Å². The molecule has 0 aromatic carbocycles. The van der Waals surface area contributed by atoms with E-state index in [4.69, 9.17) is 16.3 Å². The minimum absolute atomic E-state index is 0.492. The van der Waals surface area contributed by atoms with E-state index < -0.39 is 0 Å². The zero-order chi connectivity index (χ0) is 12.8. The molecule has 0 N–H and O–H groups in total. The number of halogens is 1. The average molecular weight is 275 g/mol. The summed E-state index contributed by atoms with van der Waals surface area (Å²) >= 11 is 5.84. The van der Waals surface area contributed by atoms with Gasteiger partial charge in [-0.15, -0.1) is 11.6 Å². The van der Waals surface area contributed by atoms with Crippen LogP contribution in [0.25, 0.3) is 0 Å². The summed E-state index contributed by atoms with van der Waals surface area (Å²) in [4.78, 5) is 5.20. The van der Waals surface area contributed by atoms with Gasteiger partial charge in [0.05, 0.1) is 6.10 Å². The molecule has 0 spiro atoms. The highest BCUT2D eigenvalue weighted by molar-refractivity contribution is 6.18. The summed E-state index contributed by atoms with van der Waals surface area (Å²) in [5.74, 6) is 0.759. The van der Waals surface area contributed by atoms with Gasteiger partial charge in [0.15, 0.2) is 0 Å². The van der Waals surface area contributed by atoms with Crippen molar-refractivity contribution in [2.75, 3.05) is 45.7 Å². The first-order valence-corrected chi connectivity index (χ1v) is 7.92. The molecule has 4 heteroatoms. The zero-order valence-electron chi connectivity index (χ0n) is 11.6. The van der Waals surface area contributed by atoms with Crippen LogP contribution in [0.2, 0.25) is 0 Å². The van der Waals surface area contributed by atoms with Gasteiger partial charge in [-0.2, -0.15) is 0 Å². The Labute approximate surface area is 116 Å². The molecule has 1 heterocycles. The number of hydrogen-bond acceptors (Lipinski definition) is 3. The molecular weight excluding hydrogens is 248 g/mol. The van der Waals surface area contributed by atoms with Gasteiger partial charge in [-0.25, -0.2) is 0 Å². The lowest BCUT2D eigenvalue weighted by Gasteiger charge is -2.36. The van der Waals surface area contributed by atoms with E-state index in [0.717, 1.165) is 18.5 Å². The van der Waals surface area contributed by atoms with E-state index in [0.29, 0.717) is 6.10 Å². The normalized spacial score (nSPS) is 32.3. The summed E-state index contributed by atoms with van der Waals surface area (Å²) < 4.78 is 5.55. The highest BCUT2D eigenvalue weighted by Gasteiger charge is 2.27. The fourth-order valence-electron chi connectivity index (χ4n) is 3.37. The molecule has 0 bridgehead atoms. The van der Waals surface area contributed by atoms with Gasteiger partial charge in [-0.1, -0.05) is 0 Å². The SMILES string of the molecule is COC1CCCC(N2CCCN(CCCl)CC2)C1. The number of alkyl halides is 1. The standard InChI is InChI=1S/C14H27ClN2O/c1-18-14-5-2-4-13(12-14)17-8-3-7-16(9-6-15)10-11-17/h13-14H,2-12H2,1H3. The topological polar surface area (TPSA) is 15.7 Å². The second-order valence-corrected chi connectivity index (χ2v) is 5.98. The van der Waals surface area contributed by atoms with Crippen LogP contribution in [0.4, 0.5) is 0 Å². The zero-order valence-corrected chi connectivity index (χ0v) is 12.4. The second-order valence-electron chi connectivity index (χ2n) is 5.60. The van der Waals surface area contributed by atoms with Gasteiger partial charge < -0.3 is 9.64 Å². The maximum absolute atomic E-state index is 5.84. The minimum Gasteiger partial charge on any atom is -0.381 e. The second kappa shape index (κ2) is 7.68. The van der Waals surface area contributed by atoms with Crippen molar-refractivity contribution in [2.24, 2.45) is 0 Å². The first-order valence-electron chi connectivity index (χ1n) is 7.38. The van der Waals surface area contributed by atoms with Gasteiger partial charge in [0.1, 0.15) is 0 Å². The van der Waals surface area contributed by atoms with Gasteiger partial charge >= 0.3 is 0 Å². The van der Waals surface area contributed by atoms with Crippen LogP contribution in [-0.4, -0.2) is 67.7 Å². The molecule has 1 aliphatic heterocycles. The van der Waals surface area contributed by atoms with Crippen molar-refractivity contribution in [2.45, 2.75) is 44.2 Å². The monoisotopic (exact) mass is 274 g/mol. The molecule has 1 saturated carbocycles. The maximum atomic E-state index is 5.84. The highest BCUT2D eigenvalue weighted by Crippen LogP contribution is 2.25. The van der Waals surface area contributed by atoms with Gasteiger partial charge in [-0.3, -0.25) is 4.90 Å². The lowest BCUT2D eigenvalue weighted by atomic mass is 9.91. The Hall–Kier alpha value is 0.170. The molecule has 0 aromatic rings. The molecular formula is C14H27ClN2O. The molecule has 2 fully saturated rings. The predicted octanol–water partition coefficient (Wildman–Crippen LogP) is 2.19. The average Bonchev–Trinajstić information content (AvgIpc) is 2.65. The third kappa shape index (κ3) is 4.09. The Bertz CT molecular complexity index is 240. The van der Waals surface area contributed by atoms with Crippen molar-refractivity contribution < 1.29 is 4.74 Å². The number of ether oxygens (including phenoxy) is 1. The summed E-state index contributed by atoms with van der Waals surface area (Å²) in [6.07, 6.45) is 6.93. The van der Waals surface area contributed by atoms with E-state index in [-0.39, 0.29) is 0 Å². The van der Waals surface area contributed by atoms with E-state index >= 15 is 0 Å². The van der Waals surface area contributed by atoms with E-state index in [9.17, 15) is 0 Å². The fourth-order valence-corrected chi connectivity index (χ4v) is 3.60. The van der Waals surface area contributed by atoms with Crippen molar-refractivity contribution in [1.82, 2.24) is 9.80 Å². The van der Waals surface area contributed by atoms with Gasteiger partial charge in [-0.05, 0) is 45.2 Å². The molecule has 2 unspecified atom stereocenters. The molecule has 106 valence electrons. The van der Waals surface area contributed by atoms with E-state index in [2.05, 4.69) is 9.80 Å². The largest absolute Gasteiger partial charge is 0.381 e. The molecule has 1 aliphatic carbocycles. The molecule has 2 rings (SSSR count). The van der Waals surface area contributed by atoms with E-state index in [1.807, 2.05) is 7.11 Å². The van der Waals surface area contributed by atoms with Crippen LogP contribution in [0.5, 0.6) is 0 Å². The summed E-state index contributed by atoms with van der Waals surface area (Å²) in [5, 5.41) is 0. The van der Waals surface area contributed by atoms with E-state index in [1.54, 1.807) is 0 Å². The van der Waals surface area contributed by atoms with Crippen molar-refractivity contribution in [3.05, 3.63) is 0 Å². The van der Waals surface area contributed by atoms with Crippen molar-refractivity contribution in [3.8, 4) is 0 Å². The molecule has 0 radical (unpaired) electrons. The maximum Gasteiger partial charge on any atom is 0.0586 e. The van der Waals surface area contributed by atoms with Gasteiger partial charge in [0.2, 0.25) is 0 Å². The Balaban J connectivity index is 1.81. The number of hydrogen-bond donors (Lipinski definition) is 0. The molecule has 0 aromatic heterocycles. The lowest BCUT2D eigenvalue weighted by Crippen LogP contribution is -2.42. The molecule has 0 amide bonds. The number of methoxy groups -OCH3 is 1. The summed E-state index contributed by atoms with van der Waals surface area (Å²) in [6, 6.07) is 0.750. The molecule has 2 aliphatic rings. The third-order valence-electron chi connectivity index (χ3n) is 4.47. The summed E-state index contributed by atoms with van der Waals surface area (Å²) in [5.41, 5.74) is 0. The predicted molar refractivity (Wildman–Crippen MR) is 76.4 cm³/mol. The first kappa shape index (κ1) is 14.6. The summed E-state index contributed by atoms with van der Waals surface area (Å²) in [7, 11) is 1.86. The van der Waals surface area contributed by atoms with Crippen molar-refractivity contribution >= 4 is 11.6 Å². The molecule has 18 heavy (non-hydrogen) atoms. The van der Waals surface area contributed by atoms with Crippen molar-refractivity contribution in [1.29, 1.82) is 0 Å². The smallest absolute Gasteiger partial charge is 0.0586 e. The lowest BCUT2D eigenvalue weighted by molar-refractivity contribution is 0.0289. The highest BCUT2D eigenvalue weighted by atomic mass is 35.5. The van der Waals surface area contributed by atoms with Crippen LogP contribution in [-0.2, 0) is 4.74 Å². The molecule has 2 atom stereocenters. The van der Waals surface area contributed by atoms with Crippen LogP contribution >= 0.6 is 11.6 Å². The quantitative estimate of drug-likeness (QED) is 0.731. The first-order chi connectivity index (χ1) is 8.83. The minimum atomic E-state index is 0.492. The molecule has 1 saturated heterocycles. The fraction of sp³-hybridized carbons (Fsp3) is 1.00. The third-order valence-corrected chi connectivity index (χ3v) is 4.64. The van der Waals surface area contributed by atoms with Crippen LogP contribution in [0.15, 0.2) is 0 Å². The Morgan fingerprint density at radius 2 is 2.00 bits per heavy atom. The Morgan fingerprint density at radius 3 is 2.78 bits per heavy atom. The number of rotatable bonds is 4. The number of nitrogens with zero attached hydrogens (tertiary/aromatic N) is 2. The van der Waals surface area contributed by atoms with Crippen LogP contribution in [0.3, 0.4) is 0 Å². The van der Waals surface area contributed by atoms with Crippen LogP contribution < -0.4 is 0 Å². The van der Waals surface area contributed by atoms with Gasteiger partial charge in [0, 0.05) is 38.7 Å². The van der Waals surface area contributed by atoms with Crippen molar-refractivity contribution in [3.63, 3.8) is 0 Å². The van der Waals surface area contributed by atoms with Crippen LogP contribution in [0, 0.1) is 0 Å². The Kier molecular flexibility index (Phi) is 6.22. The summed E-state index contributed by atoms with van der Waals surface area (Å²) in [6.45, 7) is 5.89. The Morgan fingerprint density at radius 1 is 1.11 bits per heavy atom. The molecule has 3 nitrogen and oxygen atoms in total. The van der Waals surface area contributed by atoms with Gasteiger partial charge in [0.25, 0.3) is 0 Å².